The van der Waals surface area contributed by atoms with E-state index in [1.807, 2.05) is 10.6 Å². The number of aromatic nitrogens is 3. The van der Waals surface area contributed by atoms with E-state index in [9.17, 15) is 4.79 Å². The second-order valence-corrected chi connectivity index (χ2v) is 5.53. The van der Waals surface area contributed by atoms with Crippen LogP contribution >= 0.6 is 15.9 Å². The predicted molar refractivity (Wildman–Crippen MR) is 70.2 cm³/mol. The third-order valence-electron chi connectivity index (χ3n) is 3.46. The molecular formula is C12H14BrN3O. The maximum Gasteiger partial charge on any atom is 0.327 e. The Morgan fingerprint density at radius 1 is 1.35 bits per heavy atom. The first-order valence-corrected chi connectivity index (χ1v) is 6.81. The summed E-state index contributed by atoms with van der Waals surface area (Å²) in [5.74, 6) is 0. The van der Waals surface area contributed by atoms with E-state index in [0.717, 1.165) is 28.5 Å². The molecule has 1 aliphatic rings. The minimum atomic E-state index is -0.0301. The van der Waals surface area contributed by atoms with E-state index in [1.165, 1.54) is 19.3 Å². The predicted octanol–water partition coefficient (Wildman–Crippen LogP) is 2.99. The van der Waals surface area contributed by atoms with Gasteiger partial charge in [0.2, 0.25) is 0 Å². The first kappa shape index (κ1) is 11.0. The zero-order valence-electron chi connectivity index (χ0n) is 9.45. The number of nitrogens with zero attached hydrogens (tertiary/aromatic N) is 2. The fraction of sp³-hybridized carbons (Fsp3) is 0.500. The van der Waals surface area contributed by atoms with Crippen molar-refractivity contribution in [2.24, 2.45) is 0 Å². The Morgan fingerprint density at radius 3 is 2.88 bits per heavy atom. The standard InChI is InChI=1S/C12H14BrN3O/c13-8-6-10-11(14-7-8)16(12(17)15-10)9-4-2-1-3-5-9/h6-7,9H,1-5H2,(H,15,17). The molecule has 3 rings (SSSR count). The molecule has 0 unspecified atom stereocenters. The summed E-state index contributed by atoms with van der Waals surface area (Å²) in [6.07, 6.45) is 7.62. The molecule has 0 spiro atoms. The van der Waals surface area contributed by atoms with Gasteiger partial charge in [-0.2, -0.15) is 0 Å². The molecule has 4 nitrogen and oxygen atoms in total. The largest absolute Gasteiger partial charge is 0.327 e. The molecule has 1 aliphatic carbocycles. The third-order valence-corrected chi connectivity index (χ3v) is 3.90. The molecule has 1 N–H and O–H groups in total. The van der Waals surface area contributed by atoms with Crippen LogP contribution in [0, 0.1) is 0 Å². The van der Waals surface area contributed by atoms with Gasteiger partial charge in [-0.1, -0.05) is 19.3 Å². The number of hydrogen-bond donors (Lipinski definition) is 1. The maximum atomic E-state index is 12.0. The first-order valence-electron chi connectivity index (χ1n) is 6.01. The topological polar surface area (TPSA) is 50.7 Å². The Labute approximate surface area is 107 Å². The summed E-state index contributed by atoms with van der Waals surface area (Å²) in [7, 11) is 0. The first-order chi connectivity index (χ1) is 8.25. The Kier molecular flexibility index (Phi) is 2.78. The van der Waals surface area contributed by atoms with E-state index in [1.54, 1.807) is 6.20 Å². The van der Waals surface area contributed by atoms with Gasteiger partial charge in [-0.3, -0.25) is 4.57 Å². The van der Waals surface area contributed by atoms with E-state index in [4.69, 9.17) is 0 Å². The van der Waals surface area contributed by atoms with Crippen molar-refractivity contribution in [1.82, 2.24) is 14.5 Å². The maximum absolute atomic E-state index is 12.0. The molecule has 2 heterocycles. The molecule has 0 amide bonds. The second-order valence-electron chi connectivity index (χ2n) is 4.62. The lowest BCUT2D eigenvalue weighted by molar-refractivity contribution is 0.352. The minimum absolute atomic E-state index is 0.0301. The van der Waals surface area contributed by atoms with Crippen molar-refractivity contribution in [2.75, 3.05) is 0 Å². The highest BCUT2D eigenvalue weighted by Crippen LogP contribution is 2.29. The number of nitrogens with one attached hydrogen (secondary N) is 1. The number of imidazole rings is 1. The zero-order valence-corrected chi connectivity index (χ0v) is 11.0. The average Bonchev–Trinajstić information content (AvgIpc) is 2.65. The van der Waals surface area contributed by atoms with E-state index in [2.05, 4.69) is 25.9 Å². The summed E-state index contributed by atoms with van der Waals surface area (Å²) < 4.78 is 2.73. The van der Waals surface area contributed by atoms with Gasteiger partial charge >= 0.3 is 5.69 Å². The van der Waals surface area contributed by atoms with Gasteiger partial charge in [0, 0.05) is 16.7 Å². The van der Waals surface area contributed by atoms with Gasteiger partial charge in [0.15, 0.2) is 5.65 Å². The van der Waals surface area contributed by atoms with Crippen LogP contribution in [0.2, 0.25) is 0 Å². The monoisotopic (exact) mass is 295 g/mol. The Hall–Kier alpha value is -1.10. The van der Waals surface area contributed by atoms with Gasteiger partial charge in [-0.05, 0) is 34.8 Å². The van der Waals surface area contributed by atoms with Crippen LogP contribution in [-0.2, 0) is 0 Å². The quantitative estimate of drug-likeness (QED) is 0.879. The fourth-order valence-electron chi connectivity index (χ4n) is 2.67. The van der Waals surface area contributed by atoms with Crippen LogP contribution in [0.15, 0.2) is 21.5 Å². The van der Waals surface area contributed by atoms with Crippen molar-refractivity contribution >= 4 is 27.1 Å². The Balaban J connectivity index is 2.14. The number of hydrogen-bond acceptors (Lipinski definition) is 2. The van der Waals surface area contributed by atoms with Crippen LogP contribution < -0.4 is 5.69 Å². The van der Waals surface area contributed by atoms with E-state index >= 15 is 0 Å². The summed E-state index contributed by atoms with van der Waals surface area (Å²) in [6.45, 7) is 0. The van der Waals surface area contributed by atoms with Gasteiger partial charge in [-0.15, -0.1) is 0 Å². The normalized spacial score (nSPS) is 17.7. The number of fused-ring (bicyclic) bond motifs is 1. The van der Waals surface area contributed by atoms with Crippen LogP contribution in [0.25, 0.3) is 11.2 Å². The molecule has 0 radical (unpaired) electrons. The van der Waals surface area contributed by atoms with Crippen molar-refractivity contribution in [2.45, 2.75) is 38.1 Å². The number of aromatic amines is 1. The van der Waals surface area contributed by atoms with Crippen molar-refractivity contribution in [3.63, 3.8) is 0 Å². The van der Waals surface area contributed by atoms with Gasteiger partial charge in [0.1, 0.15) is 0 Å². The lowest BCUT2D eigenvalue weighted by Gasteiger charge is -2.22. The second kappa shape index (κ2) is 4.29. The minimum Gasteiger partial charge on any atom is -0.304 e. The van der Waals surface area contributed by atoms with Crippen LogP contribution in [-0.4, -0.2) is 14.5 Å². The molecule has 0 aliphatic heterocycles. The molecule has 2 aromatic rings. The summed E-state index contributed by atoms with van der Waals surface area (Å²) >= 11 is 3.37. The Morgan fingerprint density at radius 2 is 2.12 bits per heavy atom. The van der Waals surface area contributed by atoms with Gasteiger partial charge in [0.05, 0.1) is 5.52 Å². The zero-order chi connectivity index (χ0) is 11.8. The average molecular weight is 296 g/mol. The summed E-state index contributed by atoms with van der Waals surface area (Å²) in [5.41, 5.74) is 1.57. The number of H-pyrrole nitrogens is 1. The number of rotatable bonds is 1. The summed E-state index contributed by atoms with van der Waals surface area (Å²) in [4.78, 5) is 19.2. The lowest BCUT2D eigenvalue weighted by Crippen LogP contribution is -2.24. The molecule has 90 valence electrons. The molecular weight excluding hydrogens is 282 g/mol. The molecule has 0 bridgehead atoms. The van der Waals surface area contributed by atoms with E-state index < -0.39 is 0 Å². The molecule has 0 aromatic carbocycles. The summed E-state index contributed by atoms with van der Waals surface area (Å²) in [6, 6.07) is 2.22. The number of halogens is 1. The van der Waals surface area contributed by atoms with Gasteiger partial charge < -0.3 is 4.98 Å². The van der Waals surface area contributed by atoms with Gasteiger partial charge in [-0.25, -0.2) is 9.78 Å². The van der Waals surface area contributed by atoms with Gasteiger partial charge in [0.25, 0.3) is 0 Å². The van der Waals surface area contributed by atoms with Crippen molar-refractivity contribution < 1.29 is 0 Å². The highest BCUT2D eigenvalue weighted by Gasteiger charge is 2.20. The van der Waals surface area contributed by atoms with Crippen LogP contribution in [0.4, 0.5) is 0 Å². The SMILES string of the molecule is O=c1[nH]c2cc(Br)cnc2n1C1CCCCC1. The smallest absolute Gasteiger partial charge is 0.304 e. The fourth-order valence-corrected chi connectivity index (χ4v) is 3.00. The molecule has 2 aromatic heterocycles. The molecule has 17 heavy (non-hydrogen) atoms. The summed E-state index contributed by atoms with van der Waals surface area (Å²) in [5, 5.41) is 0. The Bertz CT molecular complexity index is 595. The molecule has 1 saturated carbocycles. The van der Waals surface area contributed by atoms with Crippen LogP contribution in [0.5, 0.6) is 0 Å². The van der Waals surface area contributed by atoms with Crippen LogP contribution in [0.1, 0.15) is 38.1 Å². The highest BCUT2D eigenvalue weighted by molar-refractivity contribution is 9.10. The van der Waals surface area contributed by atoms with E-state index in [-0.39, 0.29) is 5.69 Å². The molecule has 0 saturated heterocycles. The number of pyridine rings is 1. The van der Waals surface area contributed by atoms with Crippen molar-refractivity contribution in [3.05, 3.63) is 27.2 Å². The third kappa shape index (κ3) is 1.92. The molecule has 1 fully saturated rings. The molecule has 0 atom stereocenters. The van der Waals surface area contributed by atoms with Crippen molar-refractivity contribution in [1.29, 1.82) is 0 Å². The lowest BCUT2D eigenvalue weighted by atomic mass is 9.95. The highest BCUT2D eigenvalue weighted by atomic mass is 79.9. The van der Waals surface area contributed by atoms with Crippen molar-refractivity contribution in [3.8, 4) is 0 Å². The van der Waals surface area contributed by atoms with E-state index in [0.29, 0.717) is 6.04 Å². The van der Waals surface area contributed by atoms with Crippen LogP contribution in [0.3, 0.4) is 0 Å². The molecule has 5 heteroatoms.